The van der Waals surface area contributed by atoms with Crippen LogP contribution in [-0.4, -0.2) is 32.3 Å². The Hall–Kier alpha value is -1.59. The van der Waals surface area contributed by atoms with E-state index in [-0.39, 0.29) is 18.4 Å². The summed E-state index contributed by atoms with van der Waals surface area (Å²) in [6.07, 6.45) is 6.57. The van der Waals surface area contributed by atoms with Crippen molar-refractivity contribution in [3.63, 3.8) is 0 Å². The molecule has 128 valence electrons. The first-order valence-electron chi connectivity index (χ1n) is 8.47. The fourth-order valence-electron chi connectivity index (χ4n) is 2.88. The summed E-state index contributed by atoms with van der Waals surface area (Å²) in [6, 6.07) is 7.51. The van der Waals surface area contributed by atoms with Crippen molar-refractivity contribution in [3.8, 4) is 5.75 Å². The molecular formula is C18H28N2O3. The van der Waals surface area contributed by atoms with Gasteiger partial charge in [0.15, 0.2) is 0 Å². The van der Waals surface area contributed by atoms with Gasteiger partial charge in [0.25, 0.3) is 0 Å². The summed E-state index contributed by atoms with van der Waals surface area (Å²) in [6.45, 7) is 1.12. The summed E-state index contributed by atoms with van der Waals surface area (Å²) in [7, 11) is 1.56. The van der Waals surface area contributed by atoms with Crippen LogP contribution in [0.1, 0.15) is 38.5 Å². The summed E-state index contributed by atoms with van der Waals surface area (Å²) < 4.78 is 11.0. The lowest BCUT2D eigenvalue weighted by Gasteiger charge is -2.21. The lowest BCUT2D eigenvalue weighted by atomic mass is 9.90. The zero-order chi connectivity index (χ0) is 16.5. The van der Waals surface area contributed by atoms with Crippen molar-refractivity contribution in [2.75, 3.05) is 25.6 Å². The maximum absolute atomic E-state index is 11.9. The van der Waals surface area contributed by atoms with Crippen molar-refractivity contribution in [2.45, 2.75) is 44.6 Å². The molecule has 1 aliphatic rings. The molecule has 0 aliphatic heterocycles. The number of carbonyl (C=O) groups excluding carboxylic acids is 1. The third-order valence-corrected chi connectivity index (χ3v) is 4.36. The van der Waals surface area contributed by atoms with E-state index in [0.717, 1.165) is 18.0 Å². The molecule has 5 nitrogen and oxygen atoms in total. The van der Waals surface area contributed by atoms with Gasteiger partial charge in [0.2, 0.25) is 5.91 Å². The highest BCUT2D eigenvalue weighted by molar-refractivity contribution is 5.91. The minimum Gasteiger partial charge on any atom is -0.493 e. The molecule has 0 bridgehead atoms. The molecule has 2 rings (SSSR count). The molecule has 23 heavy (non-hydrogen) atoms. The van der Waals surface area contributed by atoms with Gasteiger partial charge in [0.05, 0.1) is 19.1 Å². The molecule has 1 amide bonds. The zero-order valence-corrected chi connectivity index (χ0v) is 13.9. The number of hydrogen-bond donors (Lipinski definition) is 2. The Balaban J connectivity index is 1.76. The molecule has 1 fully saturated rings. The molecule has 1 saturated carbocycles. The standard InChI is InChI=1S/C18H28N2O3/c1-22-17(12-19)11-18(21)20-15-7-9-16(10-8-15)23-13-14-5-3-2-4-6-14/h7-10,14,17H,2-6,11-13,19H2,1H3,(H,20,21). The van der Waals surface area contributed by atoms with Gasteiger partial charge in [-0.25, -0.2) is 0 Å². The molecule has 0 saturated heterocycles. The Kier molecular flexibility index (Phi) is 7.36. The second-order valence-corrected chi connectivity index (χ2v) is 6.19. The predicted molar refractivity (Wildman–Crippen MR) is 91.6 cm³/mol. The molecule has 0 spiro atoms. The van der Waals surface area contributed by atoms with Gasteiger partial charge in [-0.1, -0.05) is 19.3 Å². The Bertz CT molecular complexity index is 466. The van der Waals surface area contributed by atoms with Crippen molar-refractivity contribution in [1.82, 2.24) is 0 Å². The quantitative estimate of drug-likeness (QED) is 0.772. The largest absolute Gasteiger partial charge is 0.493 e. The number of nitrogens with one attached hydrogen (secondary N) is 1. The SMILES string of the molecule is COC(CN)CC(=O)Nc1ccc(OCC2CCCCC2)cc1. The van der Waals surface area contributed by atoms with Crippen LogP contribution in [0.4, 0.5) is 5.69 Å². The Morgan fingerprint density at radius 3 is 2.57 bits per heavy atom. The number of anilines is 1. The molecule has 0 aromatic heterocycles. The van der Waals surface area contributed by atoms with Gasteiger partial charge < -0.3 is 20.5 Å². The fourth-order valence-corrected chi connectivity index (χ4v) is 2.88. The number of rotatable bonds is 8. The van der Waals surface area contributed by atoms with E-state index in [0.29, 0.717) is 12.5 Å². The fraction of sp³-hybridized carbons (Fsp3) is 0.611. The first-order valence-corrected chi connectivity index (χ1v) is 8.47. The van der Waals surface area contributed by atoms with E-state index in [2.05, 4.69) is 5.32 Å². The van der Waals surface area contributed by atoms with Crippen molar-refractivity contribution in [1.29, 1.82) is 0 Å². The zero-order valence-electron chi connectivity index (χ0n) is 13.9. The van der Waals surface area contributed by atoms with Crippen LogP contribution >= 0.6 is 0 Å². The molecule has 1 aromatic carbocycles. The highest BCUT2D eigenvalue weighted by atomic mass is 16.5. The molecule has 1 unspecified atom stereocenters. The number of ether oxygens (including phenoxy) is 2. The summed E-state index contributed by atoms with van der Waals surface area (Å²) in [5.74, 6) is 1.44. The van der Waals surface area contributed by atoms with E-state index in [1.54, 1.807) is 7.11 Å². The molecule has 1 aliphatic carbocycles. The lowest BCUT2D eigenvalue weighted by molar-refractivity contribution is -0.118. The Labute approximate surface area is 138 Å². The molecule has 1 atom stereocenters. The van der Waals surface area contributed by atoms with Gasteiger partial charge in [-0.3, -0.25) is 4.79 Å². The van der Waals surface area contributed by atoms with E-state index < -0.39 is 0 Å². The molecule has 5 heteroatoms. The molecule has 0 heterocycles. The normalized spacial score (nSPS) is 16.8. The van der Waals surface area contributed by atoms with E-state index in [9.17, 15) is 4.79 Å². The van der Waals surface area contributed by atoms with Gasteiger partial charge in [0.1, 0.15) is 5.75 Å². The van der Waals surface area contributed by atoms with Crippen LogP contribution in [0.2, 0.25) is 0 Å². The second kappa shape index (κ2) is 9.53. The van der Waals surface area contributed by atoms with Crippen molar-refractivity contribution < 1.29 is 14.3 Å². The highest BCUT2D eigenvalue weighted by Gasteiger charge is 2.14. The van der Waals surface area contributed by atoms with Crippen LogP contribution in [0.25, 0.3) is 0 Å². The summed E-state index contributed by atoms with van der Waals surface area (Å²) in [4.78, 5) is 11.9. The first-order chi connectivity index (χ1) is 11.2. The second-order valence-electron chi connectivity index (χ2n) is 6.19. The number of nitrogens with two attached hydrogens (primary N) is 1. The number of benzene rings is 1. The number of hydrogen-bond acceptors (Lipinski definition) is 4. The Morgan fingerprint density at radius 1 is 1.26 bits per heavy atom. The predicted octanol–water partition coefficient (Wildman–Crippen LogP) is 2.95. The monoisotopic (exact) mass is 320 g/mol. The highest BCUT2D eigenvalue weighted by Crippen LogP contribution is 2.25. The van der Waals surface area contributed by atoms with Gasteiger partial charge in [-0.2, -0.15) is 0 Å². The number of amides is 1. The van der Waals surface area contributed by atoms with Crippen LogP contribution in [0.3, 0.4) is 0 Å². The summed E-state index contributed by atoms with van der Waals surface area (Å²) >= 11 is 0. The van der Waals surface area contributed by atoms with Gasteiger partial charge >= 0.3 is 0 Å². The number of methoxy groups -OCH3 is 1. The van der Waals surface area contributed by atoms with E-state index >= 15 is 0 Å². The third kappa shape index (κ3) is 6.20. The number of carbonyl (C=O) groups is 1. The van der Waals surface area contributed by atoms with E-state index in [4.69, 9.17) is 15.2 Å². The van der Waals surface area contributed by atoms with Crippen LogP contribution in [-0.2, 0) is 9.53 Å². The first kappa shape index (κ1) is 17.8. The molecule has 1 aromatic rings. The van der Waals surface area contributed by atoms with Crippen LogP contribution in [0.5, 0.6) is 5.75 Å². The van der Waals surface area contributed by atoms with Crippen molar-refractivity contribution in [2.24, 2.45) is 11.7 Å². The minimum atomic E-state index is -0.243. The van der Waals surface area contributed by atoms with Gasteiger partial charge in [0, 0.05) is 19.3 Å². The Morgan fingerprint density at radius 2 is 1.96 bits per heavy atom. The summed E-state index contributed by atoms with van der Waals surface area (Å²) in [5.41, 5.74) is 6.27. The van der Waals surface area contributed by atoms with Crippen LogP contribution < -0.4 is 15.8 Å². The van der Waals surface area contributed by atoms with Crippen LogP contribution in [0.15, 0.2) is 24.3 Å². The summed E-state index contributed by atoms with van der Waals surface area (Å²) in [5, 5.41) is 2.84. The maximum Gasteiger partial charge on any atom is 0.227 e. The lowest BCUT2D eigenvalue weighted by Crippen LogP contribution is -2.28. The van der Waals surface area contributed by atoms with Crippen molar-refractivity contribution in [3.05, 3.63) is 24.3 Å². The average Bonchev–Trinajstić information content (AvgIpc) is 2.60. The minimum absolute atomic E-state index is 0.0989. The van der Waals surface area contributed by atoms with Crippen LogP contribution in [0, 0.1) is 5.92 Å². The smallest absolute Gasteiger partial charge is 0.227 e. The van der Waals surface area contributed by atoms with E-state index in [1.807, 2.05) is 24.3 Å². The third-order valence-electron chi connectivity index (χ3n) is 4.36. The van der Waals surface area contributed by atoms with Crippen molar-refractivity contribution >= 4 is 11.6 Å². The maximum atomic E-state index is 11.9. The molecule has 3 N–H and O–H groups in total. The average molecular weight is 320 g/mol. The molecular weight excluding hydrogens is 292 g/mol. The van der Waals surface area contributed by atoms with Gasteiger partial charge in [-0.05, 0) is 43.0 Å². The van der Waals surface area contributed by atoms with E-state index in [1.165, 1.54) is 32.1 Å². The van der Waals surface area contributed by atoms with Gasteiger partial charge in [-0.15, -0.1) is 0 Å². The topological polar surface area (TPSA) is 73.6 Å². The molecule has 0 radical (unpaired) electrons.